The van der Waals surface area contributed by atoms with Crippen molar-refractivity contribution in [3.8, 4) is 0 Å². The Morgan fingerprint density at radius 3 is 2.22 bits per heavy atom. The quantitative estimate of drug-likeness (QED) is 0.808. The van der Waals surface area contributed by atoms with Crippen molar-refractivity contribution in [3.63, 3.8) is 0 Å². The lowest BCUT2D eigenvalue weighted by molar-refractivity contribution is -0.114. The summed E-state index contributed by atoms with van der Waals surface area (Å²) in [7, 11) is -3.86. The van der Waals surface area contributed by atoms with Crippen LogP contribution in [0.15, 0.2) is 41.3 Å². The van der Waals surface area contributed by atoms with E-state index in [-0.39, 0.29) is 26.5 Å². The highest BCUT2D eigenvalue weighted by molar-refractivity contribution is 7.92. The summed E-state index contributed by atoms with van der Waals surface area (Å²) in [5.41, 5.74) is 0.592. The van der Waals surface area contributed by atoms with Crippen LogP contribution < -0.4 is 10.0 Å². The average Bonchev–Trinajstić information content (AvgIpc) is 2.44. The Hall–Kier alpha value is -1.47. The zero-order chi connectivity index (χ0) is 17.2. The fourth-order valence-corrected chi connectivity index (χ4v) is 3.39. The third-order valence-electron chi connectivity index (χ3n) is 2.73. The number of nitrogens with one attached hydrogen (secondary N) is 2. The molecule has 0 aliphatic heterocycles. The van der Waals surface area contributed by atoms with Crippen LogP contribution in [-0.2, 0) is 14.8 Å². The van der Waals surface area contributed by atoms with Crippen LogP contribution in [-0.4, -0.2) is 14.3 Å². The van der Waals surface area contributed by atoms with Gasteiger partial charge >= 0.3 is 0 Å². The summed E-state index contributed by atoms with van der Waals surface area (Å²) in [6.45, 7) is 1.33. The molecule has 0 aliphatic carbocycles. The summed E-state index contributed by atoms with van der Waals surface area (Å²) in [5.74, 6) is -0.309. The van der Waals surface area contributed by atoms with Crippen LogP contribution in [0.3, 0.4) is 0 Å². The third kappa shape index (κ3) is 4.51. The van der Waals surface area contributed by atoms with E-state index in [4.69, 9.17) is 34.8 Å². The lowest BCUT2D eigenvalue weighted by Crippen LogP contribution is -2.13. The number of carbonyl (C=O) groups excluding carboxylic acids is 1. The van der Waals surface area contributed by atoms with Crippen molar-refractivity contribution < 1.29 is 13.2 Å². The van der Waals surface area contributed by atoms with Gasteiger partial charge in [-0.2, -0.15) is 0 Å². The number of hydrogen-bond acceptors (Lipinski definition) is 3. The van der Waals surface area contributed by atoms with E-state index in [0.717, 1.165) is 0 Å². The Morgan fingerprint density at radius 1 is 0.957 bits per heavy atom. The fraction of sp³-hybridized carbons (Fsp3) is 0.0714. The van der Waals surface area contributed by atoms with Gasteiger partial charge in [0.15, 0.2) is 0 Å². The molecule has 0 fully saturated rings. The molecule has 0 aliphatic rings. The summed E-state index contributed by atoms with van der Waals surface area (Å²) in [6, 6.07) is 8.35. The highest BCUT2D eigenvalue weighted by atomic mass is 35.5. The van der Waals surface area contributed by atoms with Crippen molar-refractivity contribution in [1.82, 2.24) is 0 Å². The first-order valence-electron chi connectivity index (χ1n) is 6.24. The second kappa shape index (κ2) is 6.97. The standard InChI is InChI=1S/C14H11Cl3N2O3S/c1-8(20)18-14-5-3-10(7-13(14)17)23(21,22)19-9-2-4-11(15)12(16)6-9/h2-7,19H,1H3,(H,18,20). The molecule has 2 rings (SSSR count). The van der Waals surface area contributed by atoms with Crippen molar-refractivity contribution in [3.05, 3.63) is 51.5 Å². The molecule has 0 atom stereocenters. The van der Waals surface area contributed by atoms with Gasteiger partial charge in [-0.05, 0) is 36.4 Å². The molecule has 23 heavy (non-hydrogen) atoms. The molecule has 0 heterocycles. The molecule has 2 aromatic rings. The molecule has 0 saturated carbocycles. The third-order valence-corrected chi connectivity index (χ3v) is 5.16. The van der Waals surface area contributed by atoms with Gasteiger partial charge in [-0.3, -0.25) is 9.52 Å². The molecule has 1 amide bonds. The molecule has 122 valence electrons. The van der Waals surface area contributed by atoms with E-state index in [1.165, 1.54) is 43.3 Å². The highest BCUT2D eigenvalue weighted by Crippen LogP contribution is 2.29. The molecule has 5 nitrogen and oxygen atoms in total. The highest BCUT2D eigenvalue weighted by Gasteiger charge is 2.17. The zero-order valence-electron chi connectivity index (χ0n) is 11.7. The minimum atomic E-state index is -3.86. The van der Waals surface area contributed by atoms with Crippen LogP contribution in [0.4, 0.5) is 11.4 Å². The maximum absolute atomic E-state index is 12.4. The van der Waals surface area contributed by atoms with Gasteiger partial charge in [-0.1, -0.05) is 34.8 Å². The molecule has 0 spiro atoms. The van der Waals surface area contributed by atoms with Gasteiger partial charge in [0, 0.05) is 6.92 Å². The molecule has 0 saturated heterocycles. The van der Waals surface area contributed by atoms with Gasteiger partial charge in [0.05, 0.1) is 31.3 Å². The maximum atomic E-state index is 12.4. The van der Waals surface area contributed by atoms with Crippen LogP contribution in [0.2, 0.25) is 15.1 Å². The lowest BCUT2D eigenvalue weighted by Gasteiger charge is -2.11. The van der Waals surface area contributed by atoms with Crippen molar-refractivity contribution >= 4 is 62.1 Å². The fourth-order valence-electron chi connectivity index (χ4n) is 1.73. The second-order valence-electron chi connectivity index (χ2n) is 4.56. The molecular formula is C14H11Cl3N2O3S. The Kier molecular flexibility index (Phi) is 5.41. The zero-order valence-corrected chi connectivity index (χ0v) is 14.8. The first-order valence-corrected chi connectivity index (χ1v) is 8.86. The van der Waals surface area contributed by atoms with Crippen molar-refractivity contribution in [2.24, 2.45) is 0 Å². The summed E-state index contributed by atoms with van der Waals surface area (Å²) < 4.78 is 27.1. The molecule has 0 aromatic heterocycles. The topological polar surface area (TPSA) is 75.3 Å². The van der Waals surface area contributed by atoms with Gasteiger partial charge in [-0.25, -0.2) is 8.42 Å². The van der Waals surface area contributed by atoms with E-state index in [1.807, 2.05) is 0 Å². The molecular weight excluding hydrogens is 383 g/mol. The van der Waals surface area contributed by atoms with Crippen LogP contribution in [0.5, 0.6) is 0 Å². The maximum Gasteiger partial charge on any atom is 0.261 e. The van der Waals surface area contributed by atoms with Gasteiger partial charge in [0.2, 0.25) is 5.91 Å². The SMILES string of the molecule is CC(=O)Nc1ccc(S(=O)(=O)Nc2ccc(Cl)c(Cl)c2)cc1Cl. The number of halogens is 3. The van der Waals surface area contributed by atoms with Crippen molar-refractivity contribution in [2.45, 2.75) is 11.8 Å². The Morgan fingerprint density at radius 2 is 1.65 bits per heavy atom. The van der Waals surface area contributed by atoms with E-state index >= 15 is 0 Å². The van der Waals surface area contributed by atoms with Gasteiger partial charge < -0.3 is 5.32 Å². The number of benzene rings is 2. The van der Waals surface area contributed by atoms with E-state index in [0.29, 0.717) is 10.7 Å². The summed E-state index contributed by atoms with van der Waals surface area (Å²) in [4.78, 5) is 11.0. The normalized spacial score (nSPS) is 11.1. The van der Waals surface area contributed by atoms with E-state index < -0.39 is 10.0 Å². The van der Waals surface area contributed by atoms with Gasteiger partial charge in [-0.15, -0.1) is 0 Å². The Labute approximate surface area is 148 Å². The van der Waals surface area contributed by atoms with E-state index in [1.54, 1.807) is 0 Å². The van der Waals surface area contributed by atoms with Crippen LogP contribution >= 0.6 is 34.8 Å². The predicted molar refractivity (Wildman–Crippen MR) is 93.0 cm³/mol. The number of carbonyl (C=O) groups is 1. The van der Waals surface area contributed by atoms with Crippen molar-refractivity contribution in [2.75, 3.05) is 10.0 Å². The molecule has 2 N–H and O–H groups in total. The summed E-state index contributed by atoms with van der Waals surface area (Å²) in [5, 5.41) is 3.15. The van der Waals surface area contributed by atoms with Gasteiger partial charge in [0.1, 0.15) is 0 Å². The summed E-state index contributed by atoms with van der Waals surface area (Å²) in [6.07, 6.45) is 0. The largest absolute Gasteiger partial charge is 0.325 e. The van der Waals surface area contributed by atoms with Crippen LogP contribution in [0.1, 0.15) is 6.92 Å². The Bertz CT molecular complexity index is 870. The first kappa shape index (κ1) is 17.9. The smallest absolute Gasteiger partial charge is 0.261 e. The lowest BCUT2D eigenvalue weighted by atomic mass is 10.3. The number of rotatable bonds is 4. The number of sulfonamides is 1. The average molecular weight is 394 g/mol. The molecule has 0 unspecified atom stereocenters. The molecule has 9 heteroatoms. The van der Waals surface area contributed by atoms with Crippen LogP contribution in [0.25, 0.3) is 0 Å². The molecule has 0 radical (unpaired) electrons. The number of hydrogen-bond donors (Lipinski definition) is 2. The van der Waals surface area contributed by atoms with Crippen LogP contribution in [0, 0.1) is 0 Å². The first-order chi connectivity index (χ1) is 10.7. The monoisotopic (exact) mass is 392 g/mol. The van der Waals surface area contributed by atoms with Gasteiger partial charge in [0.25, 0.3) is 10.0 Å². The molecule has 0 bridgehead atoms. The molecule has 2 aromatic carbocycles. The predicted octanol–water partition coefficient (Wildman–Crippen LogP) is 4.41. The summed E-state index contributed by atoms with van der Waals surface area (Å²) >= 11 is 17.6. The number of amides is 1. The minimum absolute atomic E-state index is 0.0531. The van der Waals surface area contributed by atoms with Crippen molar-refractivity contribution in [1.29, 1.82) is 0 Å². The minimum Gasteiger partial charge on any atom is -0.325 e. The van der Waals surface area contributed by atoms with E-state index in [9.17, 15) is 13.2 Å². The second-order valence-corrected chi connectivity index (χ2v) is 7.46. The van der Waals surface area contributed by atoms with E-state index in [2.05, 4.69) is 10.0 Å². The number of anilines is 2. The Balaban J connectivity index is 2.30.